The summed E-state index contributed by atoms with van der Waals surface area (Å²) >= 11 is 7.48. The van der Waals surface area contributed by atoms with E-state index in [1.54, 1.807) is 18.0 Å². The first-order valence-corrected chi connectivity index (χ1v) is 7.24. The number of halogens is 1. The Hall–Kier alpha value is -1.23. The van der Waals surface area contributed by atoms with Crippen molar-refractivity contribution in [3.8, 4) is 0 Å². The van der Waals surface area contributed by atoms with Crippen LogP contribution in [0.4, 0.5) is 0 Å². The van der Waals surface area contributed by atoms with Crippen LogP contribution >= 0.6 is 23.4 Å². The number of aliphatic hydroxyl groups excluding tert-OH is 1. The Morgan fingerprint density at radius 2 is 2.11 bits per heavy atom. The molecule has 0 fully saturated rings. The predicted octanol–water partition coefficient (Wildman–Crippen LogP) is 3.36. The van der Waals surface area contributed by atoms with Gasteiger partial charge in [0.25, 0.3) is 0 Å². The third-order valence-corrected chi connectivity index (χ3v) is 3.89. The molecule has 19 heavy (non-hydrogen) atoms. The van der Waals surface area contributed by atoms with Crippen molar-refractivity contribution >= 4 is 23.4 Å². The second-order valence-corrected chi connectivity index (χ2v) is 5.43. The van der Waals surface area contributed by atoms with Gasteiger partial charge in [-0.1, -0.05) is 41.6 Å². The van der Waals surface area contributed by atoms with Crippen LogP contribution in [0.2, 0.25) is 5.02 Å². The van der Waals surface area contributed by atoms with Crippen molar-refractivity contribution in [3.63, 3.8) is 0 Å². The van der Waals surface area contributed by atoms with E-state index >= 15 is 0 Å². The van der Waals surface area contributed by atoms with Gasteiger partial charge in [0.1, 0.15) is 0 Å². The lowest BCUT2D eigenvalue weighted by atomic mass is 10.2. The standard InChI is InChI=1S/C14H15ClN2OS/c1-2-7-19-14-16-8-13(10-18)17(14)9-11-3-5-12(15)6-4-11/h2-6,8,18H,1,7,9-10H2. The highest BCUT2D eigenvalue weighted by molar-refractivity contribution is 7.99. The molecular formula is C14H15ClN2OS. The second-order valence-electron chi connectivity index (χ2n) is 4.00. The zero-order valence-electron chi connectivity index (χ0n) is 10.4. The molecule has 0 unspecified atom stereocenters. The molecule has 2 aromatic rings. The van der Waals surface area contributed by atoms with Crippen LogP contribution in [0.25, 0.3) is 0 Å². The van der Waals surface area contributed by atoms with Crippen molar-refractivity contribution in [1.82, 2.24) is 9.55 Å². The normalized spacial score (nSPS) is 10.6. The summed E-state index contributed by atoms with van der Waals surface area (Å²) in [4.78, 5) is 4.33. The Kier molecular flexibility index (Phi) is 5.07. The fourth-order valence-electron chi connectivity index (χ4n) is 1.71. The van der Waals surface area contributed by atoms with E-state index in [1.165, 1.54) is 0 Å². The highest BCUT2D eigenvalue weighted by atomic mass is 35.5. The van der Waals surface area contributed by atoms with E-state index < -0.39 is 0 Å². The van der Waals surface area contributed by atoms with Crippen LogP contribution in [0.5, 0.6) is 0 Å². The van der Waals surface area contributed by atoms with Gasteiger partial charge in [0.05, 0.1) is 18.5 Å². The molecule has 1 aromatic carbocycles. The maximum atomic E-state index is 9.37. The van der Waals surface area contributed by atoms with Gasteiger partial charge in [0.15, 0.2) is 5.16 Å². The van der Waals surface area contributed by atoms with Gasteiger partial charge in [0.2, 0.25) is 0 Å². The first-order chi connectivity index (χ1) is 9.24. The molecule has 0 bridgehead atoms. The zero-order valence-corrected chi connectivity index (χ0v) is 12.0. The summed E-state index contributed by atoms with van der Waals surface area (Å²) in [6.45, 7) is 4.36. The molecule has 2 rings (SSSR count). The van der Waals surface area contributed by atoms with Gasteiger partial charge in [-0.25, -0.2) is 4.98 Å². The molecule has 0 aliphatic rings. The summed E-state index contributed by atoms with van der Waals surface area (Å²) < 4.78 is 2.01. The molecule has 0 aliphatic carbocycles. The lowest BCUT2D eigenvalue weighted by Gasteiger charge is -2.10. The maximum Gasteiger partial charge on any atom is 0.168 e. The second kappa shape index (κ2) is 6.80. The fraction of sp³-hybridized carbons (Fsp3) is 0.214. The summed E-state index contributed by atoms with van der Waals surface area (Å²) in [6, 6.07) is 7.68. The third kappa shape index (κ3) is 3.62. The molecule has 5 heteroatoms. The summed E-state index contributed by atoms with van der Waals surface area (Å²) in [5.74, 6) is 0.794. The first kappa shape index (κ1) is 14.2. The number of thioether (sulfide) groups is 1. The molecule has 1 aromatic heterocycles. The smallest absolute Gasteiger partial charge is 0.168 e. The Morgan fingerprint density at radius 3 is 2.74 bits per heavy atom. The summed E-state index contributed by atoms with van der Waals surface area (Å²) in [6.07, 6.45) is 3.55. The Bertz CT molecular complexity index is 551. The monoisotopic (exact) mass is 294 g/mol. The number of imidazole rings is 1. The molecule has 0 aliphatic heterocycles. The molecule has 0 amide bonds. The zero-order chi connectivity index (χ0) is 13.7. The molecule has 0 radical (unpaired) electrons. The predicted molar refractivity (Wildman–Crippen MR) is 79.6 cm³/mol. The molecule has 0 atom stereocenters. The molecule has 1 heterocycles. The van der Waals surface area contributed by atoms with Gasteiger partial charge >= 0.3 is 0 Å². The number of aliphatic hydroxyl groups is 1. The van der Waals surface area contributed by atoms with E-state index in [2.05, 4.69) is 11.6 Å². The van der Waals surface area contributed by atoms with Crippen LogP contribution in [0, 0.1) is 0 Å². The minimum Gasteiger partial charge on any atom is -0.390 e. The summed E-state index contributed by atoms with van der Waals surface area (Å²) in [7, 11) is 0. The minimum absolute atomic E-state index is 0.0186. The van der Waals surface area contributed by atoms with Crippen LogP contribution in [0.3, 0.4) is 0 Å². The lowest BCUT2D eigenvalue weighted by Crippen LogP contribution is -2.06. The van der Waals surface area contributed by atoms with Crippen LogP contribution < -0.4 is 0 Å². The maximum absolute atomic E-state index is 9.37. The van der Waals surface area contributed by atoms with Crippen molar-refractivity contribution in [1.29, 1.82) is 0 Å². The minimum atomic E-state index is -0.0186. The van der Waals surface area contributed by atoms with Gasteiger partial charge in [-0.05, 0) is 17.7 Å². The van der Waals surface area contributed by atoms with Crippen molar-refractivity contribution in [2.24, 2.45) is 0 Å². The molecule has 0 saturated carbocycles. The average Bonchev–Trinajstić information content (AvgIpc) is 2.81. The topological polar surface area (TPSA) is 38.1 Å². The molecular weight excluding hydrogens is 280 g/mol. The lowest BCUT2D eigenvalue weighted by molar-refractivity contribution is 0.270. The number of rotatable bonds is 6. The van der Waals surface area contributed by atoms with Crippen molar-refractivity contribution in [3.05, 3.63) is 59.4 Å². The van der Waals surface area contributed by atoms with E-state index in [-0.39, 0.29) is 6.61 Å². The van der Waals surface area contributed by atoms with Crippen molar-refractivity contribution < 1.29 is 5.11 Å². The van der Waals surface area contributed by atoms with Crippen LogP contribution in [-0.2, 0) is 13.2 Å². The van der Waals surface area contributed by atoms with Gasteiger partial charge in [-0.2, -0.15) is 0 Å². The largest absolute Gasteiger partial charge is 0.390 e. The summed E-state index contributed by atoms with van der Waals surface area (Å²) in [5.41, 5.74) is 1.93. The van der Waals surface area contributed by atoms with Gasteiger partial charge in [-0.15, -0.1) is 6.58 Å². The SMILES string of the molecule is C=CCSc1ncc(CO)n1Cc1ccc(Cl)cc1. The number of aromatic nitrogens is 2. The van der Waals surface area contributed by atoms with Crippen LogP contribution in [-0.4, -0.2) is 20.4 Å². The molecule has 1 N–H and O–H groups in total. The van der Waals surface area contributed by atoms with Crippen LogP contribution in [0.15, 0.2) is 48.3 Å². The van der Waals surface area contributed by atoms with Crippen molar-refractivity contribution in [2.45, 2.75) is 18.3 Å². The Labute approximate surface area is 121 Å². The number of benzene rings is 1. The Morgan fingerprint density at radius 1 is 1.37 bits per heavy atom. The van der Waals surface area contributed by atoms with E-state index in [4.69, 9.17) is 11.6 Å². The van der Waals surface area contributed by atoms with E-state index in [9.17, 15) is 5.11 Å². The van der Waals surface area contributed by atoms with E-state index in [1.807, 2.05) is 34.9 Å². The highest BCUT2D eigenvalue weighted by Crippen LogP contribution is 2.21. The Balaban J connectivity index is 2.23. The van der Waals surface area contributed by atoms with E-state index in [0.29, 0.717) is 6.54 Å². The molecule has 3 nitrogen and oxygen atoms in total. The molecule has 0 spiro atoms. The third-order valence-electron chi connectivity index (χ3n) is 2.65. The summed E-state index contributed by atoms with van der Waals surface area (Å²) in [5, 5.41) is 11.0. The highest BCUT2D eigenvalue weighted by Gasteiger charge is 2.09. The number of nitrogens with zero attached hydrogens (tertiary/aromatic N) is 2. The quantitative estimate of drug-likeness (QED) is 0.656. The van der Waals surface area contributed by atoms with Gasteiger partial charge in [0, 0.05) is 17.3 Å². The van der Waals surface area contributed by atoms with Gasteiger partial charge < -0.3 is 9.67 Å². The molecule has 0 saturated heterocycles. The number of hydrogen-bond donors (Lipinski definition) is 1. The van der Waals surface area contributed by atoms with Crippen LogP contribution in [0.1, 0.15) is 11.3 Å². The fourth-order valence-corrected chi connectivity index (χ4v) is 2.57. The first-order valence-electron chi connectivity index (χ1n) is 5.88. The van der Waals surface area contributed by atoms with E-state index in [0.717, 1.165) is 27.2 Å². The average molecular weight is 295 g/mol. The number of hydrogen-bond acceptors (Lipinski definition) is 3. The van der Waals surface area contributed by atoms with Gasteiger partial charge in [-0.3, -0.25) is 0 Å². The molecule has 100 valence electrons. The van der Waals surface area contributed by atoms with Crippen molar-refractivity contribution in [2.75, 3.05) is 5.75 Å².